The molecule has 0 bridgehead atoms. The number of hydrogen-bond acceptors (Lipinski definition) is 5. The number of carbonyl (C=O) groups excluding carboxylic acids is 3. The van der Waals surface area contributed by atoms with Crippen LogP contribution in [0.25, 0.3) is 10.8 Å². The van der Waals surface area contributed by atoms with Gasteiger partial charge in [0.2, 0.25) is 11.8 Å². The van der Waals surface area contributed by atoms with E-state index in [1.807, 2.05) is 73.7 Å². The average Bonchev–Trinajstić information content (AvgIpc) is 3.27. The van der Waals surface area contributed by atoms with Crippen LogP contribution in [0.3, 0.4) is 0 Å². The smallest absolute Gasteiger partial charge is 0.253 e. The zero-order valence-corrected chi connectivity index (χ0v) is 22.9. The second kappa shape index (κ2) is 10.8. The van der Waals surface area contributed by atoms with Crippen molar-refractivity contribution < 1.29 is 24.2 Å². The normalized spacial score (nSPS) is 29.6. The van der Waals surface area contributed by atoms with E-state index >= 15 is 0 Å². The molecule has 2 aromatic carbocycles. The van der Waals surface area contributed by atoms with Crippen LogP contribution < -0.4 is 4.90 Å². The maximum absolute atomic E-state index is 14.5. The van der Waals surface area contributed by atoms with Gasteiger partial charge in [0.25, 0.3) is 5.91 Å². The zero-order valence-electron chi connectivity index (χ0n) is 22.9. The fourth-order valence-corrected chi connectivity index (χ4v) is 7.05. The molecule has 6 rings (SSSR count). The lowest BCUT2D eigenvalue weighted by Gasteiger charge is -2.35. The Balaban J connectivity index is 1.41. The van der Waals surface area contributed by atoms with Gasteiger partial charge in [0, 0.05) is 38.5 Å². The van der Waals surface area contributed by atoms with Crippen LogP contribution in [0, 0.1) is 11.8 Å². The number of amides is 3. The lowest BCUT2D eigenvalue weighted by molar-refractivity contribution is -0.144. The molecule has 0 aliphatic carbocycles. The number of hydrogen-bond donors (Lipinski definition) is 1. The molecule has 1 unspecified atom stereocenters. The molecular formula is C32H37N3O5. The Labute approximate surface area is 234 Å². The first-order valence-corrected chi connectivity index (χ1v) is 14.5. The van der Waals surface area contributed by atoms with Crippen molar-refractivity contribution in [3.05, 3.63) is 66.8 Å². The number of carbonyl (C=O) groups is 3. The molecule has 8 heteroatoms. The van der Waals surface area contributed by atoms with Gasteiger partial charge in [-0.2, -0.15) is 0 Å². The number of fused-ring (bicyclic) bond motifs is 3. The van der Waals surface area contributed by atoms with Gasteiger partial charge in [0.05, 0.1) is 17.9 Å². The van der Waals surface area contributed by atoms with Crippen LogP contribution in [-0.2, 0) is 19.1 Å². The minimum atomic E-state index is -1.22. The van der Waals surface area contributed by atoms with Gasteiger partial charge in [-0.1, -0.05) is 61.6 Å². The van der Waals surface area contributed by atoms with Crippen LogP contribution in [-0.4, -0.2) is 83.2 Å². The van der Waals surface area contributed by atoms with Crippen molar-refractivity contribution >= 4 is 34.2 Å². The van der Waals surface area contributed by atoms with E-state index in [-0.39, 0.29) is 24.3 Å². The van der Waals surface area contributed by atoms with Gasteiger partial charge in [0.15, 0.2) is 0 Å². The minimum absolute atomic E-state index is 0.0792. The van der Waals surface area contributed by atoms with E-state index in [4.69, 9.17) is 4.74 Å². The van der Waals surface area contributed by atoms with Crippen molar-refractivity contribution in [1.29, 1.82) is 0 Å². The summed E-state index contributed by atoms with van der Waals surface area (Å²) in [5.74, 6) is -1.92. The number of anilines is 1. The summed E-state index contributed by atoms with van der Waals surface area (Å²) in [7, 11) is 0. The molecule has 1 N–H and O–H groups in total. The zero-order chi connectivity index (χ0) is 27.9. The number of nitrogens with zero attached hydrogens (tertiary/aromatic N) is 3. The standard InChI is InChI=1S/C32H37N3O5/c1-2-16-33-17-8-12-25-26(29(33)37)27-30(38)35(18-6-3-7-20-36)28-31(39)34(19-9-15-32(27,28)40-25)24-14-13-22-10-4-5-11-23(22)21-24/h4-5,8-15,21,25-28,36H,2-3,6-7,16-20H2,1H3/t25-,26+,27-,28?,32-/m0/s1. The maximum atomic E-state index is 14.5. The molecule has 0 radical (unpaired) electrons. The first-order valence-electron chi connectivity index (χ1n) is 14.5. The Hall–Kier alpha value is -3.49. The van der Waals surface area contributed by atoms with E-state index in [1.165, 1.54) is 0 Å². The summed E-state index contributed by atoms with van der Waals surface area (Å²) in [6.45, 7) is 3.94. The molecule has 2 aromatic rings. The highest BCUT2D eigenvalue weighted by atomic mass is 16.5. The number of likely N-dealkylation sites (tertiary alicyclic amines) is 1. The van der Waals surface area contributed by atoms with E-state index in [0.717, 1.165) is 29.3 Å². The summed E-state index contributed by atoms with van der Waals surface area (Å²) in [4.78, 5) is 47.8. The molecule has 0 aromatic heterocycles. The Bertz CT molecular complexity index is 1370. The summed E-state index contributed by atoms with van der Waals surface area (Å²) < 4.78 is 6.72. The second-order valence-corrected chi connectivity index (χ2v) is 11.3. The van der Waals surface area contributed by atoms with Gasteiger partial charge in [0.1, 0.15) is 11.6 Å². The van der Waals surface area contributed by atoms with E-state index in [0.29, 0.717) is 39.0 Å². The molecule has 2 saturated heterocycles. The molecule has 3 amide bonds. The summed E-state index contributed by atoms with van der Waals surface area (Å²) in [5, 5.41) is 11.4. The highest BCUT2D eigenvalue weighted by molar-refractivity contribution is 6.06. The number of ether oxygens (including phenoxy) is 1. The van der Waals surface area contributed by atoms with Crippen molar-refractivity contribution in [3.8, 4) is 0 Å². The van der Waals surface area contributed by atoms with E-state index in [1.54, 1.807) is 14.7 Å². The molecule has 8 nitrogen and oxygen atoms in total. The summed E-state index contributed by atoms with van der Waals surface area (Å²) >= 11 is 0. The molecule has 4 aliphatic heterocycles. The van der Waals surface area contributed by atoms with Crippen LogP contribution in [0.1, 0.15) is 32.6 Å². The predicted octanol–water partition coefficient (Wildman–Crippen LogP) is 3.29. The number of aliphatic hydroxyl groups excluding tert-OH is 1. The predicted molar refractivity (Wildman–Crippen MR) is 152 cm³/mol. The number of benzene rings is 2. The van der Waals surface area contributed by atoms with Crippen molar-refractivity contribution in [1.82, 2.24) is 9.80 Å². The molecule has 4 heterocycles. The van der Waals surface area contributed by atoms with Gasteiger partial charge < -0.3 is 24.5 Å². The molecule has 4 aliphatic rings. The van der Waals surface area contributed by atoms with E-state index < -0.39 is 29.6 Å². The molecule has 0 saturated carbocycles. The lowest BCUT2D eigenvalue weighted by atomic mass is 9.77. The third-order valence-electron chi connectivity index (χ3n) is 8.84. The molecular weight excluding hydrogens is 506 g/mol. The largest absolute Gasteiger partial charge is 0.396 e. The lowest BCUT2D eigenvalue weighted by Crippen LogP contribution is -2.55. The van der Waals surface area contributed by atoms with Gasteiger partial charge in [-0.25, -0.2) is 0 Å². The van der Waals surface area contributed by atoms with Gasteiger partial charge >= 0.3 is 0 Å². The minimum Gasteiger partial charge on any atom is -0.396 e. The first-order chi connectivity index (χ1) is 19.5. The van der Waals surface area contributed by atoms with Gasteiger partial charge in [-0.15, -0.1) is 0 Å². The van der Waals surface area contributed by atoms with Gasteiger partial charge in [-0.05, 0) is 48.6 Å². The van der Waals surface area contributed by atoms with Crippen LogP contribution in [0.4, 0.5) is 5.69 Å². The van der Waals surface area contributed by atoms with E-state index in [9.17, 15) is 19.5 Å². The van der Waals surface area contributed by atoms with Crippen molar-refractivity contribution in [2.45, 2.75) is 50.4 Å². The third kappa shape index (κ3) is 4.25. The highest BCUT2D eigenvalue weighted by Gasteiger charge is 2.71. The van der Waals surface area contributed by atoms with Crippen LogP contribution in [0.15, 0.2) is 66.8 Å². The SMILES string of the molecule is CCCN1CC=C[C@@H]2O[C@]34C=CCN(c5ccc6ccccc6c5)C(=O)C3N(CCCCCO)C(=O)[C@@H]4[C@@H]2C1=O. The number of rotatable bonds is 8. The fraction of sp³-hybridized carbons (Fsp3) is 0.469. The first kappa shape index (κ1) is 26.7. The van der Waals surface area contributed by atoms with Crippen LogP contribution in [0.5, 0.6) is 0 Å². The Morgan fingerprint density at radius 3 is 2.55 bits per heavy atom. The van der Waals surface area contributed by atoms with Crippen LogP contribution in [0.2, 0.25) is 0 Å². The van der Waals surface area contributed by atoms with Gasteiger partial charge in [-0.3, -0.25) is 14.4 Å². The molecule has 1 spiro atoms. The Kier molecular flexibility index (Phi) is 7.23. The summed E-state index contributed by atoms with van der Waals surface area (Å²) in [5.41, 5.74) is -0.458. The van der Waals surface area contributed by atoms with Crippen LogP contribution >= 0.6 is 0 Å². The summed E-state index contributed by atoms with van der Waals surface area (Å²) in [6, 6.07) is 13.1. The third-order valence-corrected chi connectivity index (χ3v) is 8.84. The molecule has 40 heavy (non-hydrogen) atoms. The van der Waals surface area contributed by atoms with Crippen molar-refractivity contribution in [3.63, 3.8) is 0 Å². The average molecular weight is 544 g/mol. The molecule has 210 valence electrons. The monoisotopic (exact) mass is 543 g/mol. The molecule has 2 fully saturated rings. The number of aliphatic hydroxyl groups is 1. The van der Waals surface area contributed by atoms with E-state index in [2.05, 4.69) is 0 Å². The van der Waals surface area contributed by atoms with Crippen molar-refractivity contribution in [2.24, 2.45) is 11.8 Å². The Morgan fingerprint density at radius 2 is 1.75 bits per heavy atom. The molecule has 5 atom stereocenters. The summed E-state index contributed by atoms with van der Waals surface area (Å²) in [6.07, 6.45) is 9.96. The number of unbranched alkanes of at least 4 members (excludes halogenated alkanes) is 2. The maximum Gasteiger partial charge on any atom is 0.253 e. The quantitative estimate of drug-likeness (QED) is 0.408. The topological polar surface area (TPSA) is 90.4 Å². The Morgan fingerprint density at radius 1 is 0.925 bits per heavy atom. The fourth-order valence-electron chi connectivity index (χ4n) is 7.05. The van der Waals surface area contributed by atoms with Crippen molar-refractivity contribution in [2.75, 3.05) is 37.7 Å². The second-order valence-electron chi connectivity index (χ2n) is 11.3. The highest BCUT2D eigenvalue weighted by Crippen LogP contribution is 2.53.